The van der Waals surface area contributed by atoms with Gasteiger partial charge < -0.3 is 15.2 Å². The number of anilines is 1. The van der Waals surface area contributed by atoms with Crippen molar-refractivity contribution in [1.82, 2.24) is 0 Å². The van der Waals surface area contributed by atoms with Crippen LogP contribution in [0, 0.1) is 0 Å². The summed E-state index contributed by atoms with van der Waals surface area (Å²) >= 11 is 0. The minimum Gasteiger partial charge on any atom is -0.465 e. The summed E-state index contributed by atoms with van der Waals surface area (Å²) in [6.45, 7) is 5.37. The molecule has 0 unspecified atom stereocenters. The lowest BCUT2D eigenvalue weighted by molar-refractivity contribution is -0.153. The Kier molecular flexibility index (Phi) is 4.53. The zero-order valence-electron chi connectivity index (χ0n) is 11.6. The highest BCUT2D eigenvalue weighted by Gasteiger charge is 2.19. The third kappa shape index (κ3) is 4.28. The Morgan fingerprint density at radius 1 is 1.26 bits per heavy atom. The van der Waals surface area contributed by atoms with E-state index in [1.807, 2.05) is 0 Å². The maximum absolute atomic E-state index is 11.7. The number of para-hydroxylation sites is 1. The van der Waals surface area contributed by atoms with Gasteiger partial charge in [0.15, 0.2) is 0 Å². The van der Waals surface area contributed by atoms with Crippen molar-refractivity contribution >= 4 is 17.6 Å². The largest absolute Gasteiger partial charge is 0.465 e. The van der Waals surface area contributed by atoms with Crippen LogP contribution in [0.3, 0.4) is 0 Å². The zero-order chi connectivity index (χ0) is 14.6. The number of carbonyl (C=O) groups is 2. The lowest BCUT2D eigenvalue weighted by Crippen LogP contribution is -2.25. The number of nitrogens with two attached hydrogens (primary N) is 1. The summed E-state index contributed by atoms with van der Waals surface area (Å²) in [5, 5.41) is 0. The molecule has 0 spiro atoms. The van der Waals surface area contributed by atoms with E-state index in [1.54, 1.807) is 39.0 Å². The van der Waals surface area contributed by atoms with Crippen molar-refractivity contribution in [3.63, 3.8) is 0 Å². The Bertz CT molecular complexity index is 489. The van der Waals surface area contributed by atoms with Crippen LogP contribution in [0.5, 0.6) is 0 Å². The van der Waals surface area contributed by atoms with Crippen molar-refractivity contribution in [2.75, 3.05) is 12.8 Å². The van der Waals surface area contributed by atoms with E-state index in [-0.39, 0.29) is 23.6 Å². The number of nitrogen functional groups attached to an aromatic ring is 1. The van der Waals surface area contributed by atoms with Gasteiger partial charge in [0.25, 0.3) is 0 Å². The average molecular weight is 265 g/mol. The van der Waals surface area contributed by atoms with Crippen LogP contribution in [0.25, 0.3) is 0 Å². The molecule has 0 atom stereocenters. The third-order valence-corrected chi connectivity index (χ3v) is 2.36. The van der Waals surface area contributed by atoms with Gasteiger partial charge >= 0.3 is 11.9 Å². The lowest BCUT2D eigenvalue weighted by Gasteiger charge is -2.20. The fraction of sp³-hybridized carbons (Fsp3) is 0.429. The third-order valence-electron chi connectivity index (χ3n) is 2.36. The average Bonchev–Trinajstić information content (AvgIpc) is 2.28. The summed E-state index contributed by atoms with van der Waals surface area (Å²) < 4.78 is 9.84. The molecular weight excluding hydrogens is 246 g/mol. The number of hydrogen-bond donors (Lipinski definition) is 1. The van der Waals surface area contributed by atoms with E-state index in [0.717, 1.165) is 0 Å². The smallest absolute Gasteiger partial charge is 0.339 e. The summed E-state index contributed by atoms with van der Waals surface area (Å²) in [7, 11) is 1.28. The Labute approximate surface area is 112 Å². The first-order chi connectivity index (χ1) is 8.74. The molecule has 0 aliphatic rings. The predicted octanol–water partition coefficient (Wildman–Crippen LogP) is 1.94. The molecule has 0 heterocycles. The highest BCUT2D eigenvalue weighted by molar-refractivity contribution is 5.96. The molecule has 0 fully saturated rings. The molecule has 0 radical (unpaired) electrons. The van der Waals surface area contributed by atoms with Crippen LogP contribution < -0.4 is 5.73 Å². The molecule has 1 aromatic rings. The summed E-state index contributed by atoms with van der Waals surface area (Å²) in [5.74, 6) is -0.912. The highest BCUT2D eigenvalue weighted by atomic mass is 16.6. The minimum atomic E-state index is -0.550. The number of methoxy groups -OCH3 is 1. The number of esters is 2. The fourth-order valence-corrected chi connectivity index (χ4v) is 1.59. The molecule has 104 valence electrons. The molecular formula is C14H19NO4. The normalized spacial score (nSPS) is 10.9. The quantitative estimate of drug-likeness (QED) is 0.667. The van der Waals surface area contributed by atoms with Crippen LogP contribution in [-0.2, 0) is 20.7 Å². The first kappa shape index (κ1) is 15.0. The molecule has 0 amide bonds. The topological polar surface area (TPSA) is 78.6 Å². The molecule has 0 saturated carbocycles. The van der Waals surface area contributed by atoms with E-state index in [2.05, 4.69) is 4.74 Å². The minimum absolute atomic E-state index is 0.0218. The van der Waals surface area contributed by atoms with E-state index in [0.29, 0.717) is 5.56 Å². The zero-order valence-corrected chi connectivity index (χ0v) is 11.6. The monoisotopic (exact) mass is 265 g/mol. The first-order valence-electron chi connectivity index (χ1n) is 5.92. The van der Waals surface area contributed by atoms with Crippen LogP contribution in [0.1, 0.15) is 36.7 Å². The molecule has 1 rings (SSSR count). The maximum Gasteiger partial charge on any atom is 0.339 e. The standard InChI is InChI=1S/C14H19NO4/c1-14(2,3)19-11(16)8-9-6-5-7-10(12(9)15)13(17)18-4/h5-7H,8,15H2,1-4H3. The summed E-state index contributed by atoms with van der Waals surface area (Å²) in [5.41, 5.74) is 6.37. The van der Waals surface area contributed by atoms with Crippen LogP contribution in [-0.4, -0.2) is 24.6 Å². The molecule has 19 heavy (non-hydrogen) atoms. The molecule has 1 aromatic carbocycles. The molecule has 0 aliphatic heterocycles. The number of carbonyl (C=O) groups excluding carboxylic acids is 2. The van der Waals surface area contributed by atoms with Crippen LogP contribution in [0.4, 0.5) is 5.69 Å². The van der Waals surface area contributed by atoms with E-state index in [1.165, 1.54) is 7.11 Å². The van der Waals surface area contributed by atoms with Gasteiger partial charge in [-0.2, -0.15) is 0 Å². The molecule has 0 saturated heterocycles. The number of benzene rings is 1. The number of ether oxygens (including phenoxy) is 2. The van der Waals surface area contributed by atoms with Gasteiger partial charge in [-0.1, -0.05) is 12.1 Å². The van der Waals surface area contributed by atoms with Crippen LogP contribution in [0.2, 0.25) is 0 Å². The Hall–Kier alpha value is -2.04. The van der Waals surface area contributed by atoms with Gasteiger partial charge in [-0.25, -0.2) is 4.79 Å². The van der Waals surface area contributed by atoms with Gasteiger partial charge in [-0.3, -0.25) is 4.79 Å². The summed E-state index contributed by atoms with van der Waals surface area (Å²) in [4.78, 5) is 23.2. The van der Waals surface area contributed by atoms with Crippen molar-refractivity contribution in [2.45, 2.75) is 32.8 Å². The molecule has 0 bridgehead atoms. The molecule has 0 aliphatic carbocycles. The van der Waals surface area contributed by atoms with Gasteiger partial charge in [0, 0.05) is 5.69 Å². The Morgan fingerprint density at radius 3 is 2.42 bits per heavy atom. The predicted molar refractivity (Wildman–Crippen MR) is 71.7 cm³/mol. The van der Waals surface area contributed by atoms with E-state index >= 15 is 0 Å². The maximum atomic E-state index is 11.7. The van der Waals surface area contributed by atoms with Gasteiger partial charge in [-0.05, 0) is 32.4 Å². The fourth-order valence-electron chi connectivity index (χ4n) is 1.59. The SMILES string of the molecule is COC(=O)c1cccc(CC(=O)OC(C)(C)C)c1N. The van der Waals surface area contributed by atoms with Crippen molar-refractivity contribution < 1.29 is 19.1 Å². The first-order valence-corrected chi connectivity index (χ1v) is 5.92. The summed E-state index contributed by atoms with van der Waals surface area (Å²) in [6, 6.07) is 4.90. The van der Waals surface area contributed by atoms with Gasteiger partial charge in [-0.15, -0.1) is 0 Å². The second-order valence-electron chi connectivity index (χ2n) is 5.13. The van der Waals surface area contributed by atoms with Crippen molar-refractivity contribution in [3.8, 4) is 0 Å². The molecule has 2 N–H and O–H groups in total. The Morgan fingerprint density at radius 2 is 1.89 bits per heavy atom. The van der Waals surface area contributed by atoms with Gasteiger partial charge in [0.1, 0.15) is 5.60 Å². The summed E-state index contributed by atoms with van der Waals surface area (Å²) in [6.07, 6.45) is 0.0218. The van der Waals surface area contributed by atoms with Gasteiger partial charge in [0.05, 0.1) is 19.1 Å². The Balaban J connectivity index is 2.91. The number of hydrogen-bond acceptors (Lipinski definition) is 5. The number of rotatable bonds is 3. The lowest BCUT2D eigenvalue weighted by atomic mass is 10.0. The molecule has 0 aromatic heterocycles. The van der Waals surface area contributed by atoms with Crippen LogP contribution in [0.15, 0.2) is 18.2 Å². The molecule has 5 heteroatoms. The van der Waals surface area contributed by atoms with E-state index in [4.69, 9.17) is 10.5 Å². The van der Waals surface area contributed by atoms with E-state index < -0.39 is 11.6 Å². The van der Waals surface area contributed by atoms with Crippen molar-refractivity contribution in [1.29, 1.82) is 0 Å². The highest BCUT2D eigenvalue weighted by Crippen LogP contribution is 2.20. The molecule has 5 nitrogen and oxygen atoms in total. The van der Waals surface area contributed by atoms with Gasteiger partial charge in [0.2, 0.25) is 0 Å². The van der Waals surface area contributed by atoms with Crippen molar-refractivity contribution in [2.24, 2.45) is 0 Å². The van der Waals surface area contributed by atoms with Crippen LogP contribution >= 0.6 is 0 Å². The van der Waals surface area contributed by atoms with Crippen molar-refractivity contribution in [3.05, 3.63) is 29.3 Å². The second-order valence-corrected chi connectivity index (χ2v) is 5.13. The van der Waals surface area contributed by atoms with E-state index in [9.17, 15) is 9.59 Å². The second kappa shape index (κ2) is 5.73.